The van der Waals surface area contributed by atoms with Crippen molar-refractivity contribution in [3.63, 3.8) is 0 Å². The Kier molecular flexibility index (Phi) is 2.11. The van der Waals surface area contributed by atoms with Crippen LogP contribution in [0.3, 0.4) is 0 Å². The van der Waals surface area contributed by atoms with Crippen molar-refractivity contribution in [2.75, 3.05) is 0 Å². The summed E-state index contributed by atoms with van der Waals surface area (Å²) in [7, 11) is 0. The molecule has 0 aliphatic heterocycles. The lowest BCUT2D eigenvalue weighted by molar-refractivity contribution is 1.36. The summed E-state index contributed by atoms with van der Waals surface area (Å²) in [6.45, 7) is 1.97. The van der Waals surface area contributed by atoms with Crippen molar-refractivity contribution in [2.24, 2.45) is 0 Å². The SMILES string of the molecule is Cc1cc(Cl)nc2cc(C#N)ccc12. The van der Waals surface area contributed by atoms with Gasteiger partial charge in [0.05, 0.1) is 17.1 Å². The number of pyridine rings is 1. The predicted octanol–water partition coefficient (Wildman–Crippen LogP) is 3.07. The Bertz CT molecular complexity index is 541. The molecule has 0 saturated carbocycles. The van der Waals surface area contributed by atoms with Crippen LogP contribution in [-0.2, 0) is 0 Å². The van der Waals surface area contributed by atoms with E-state index in [-0.39, 0.29) is 0 Å². The van der Waals surface area contributed by atoms with Gasteiger partial charge in [0, 0.05) is 5.39 Å². The van der Waals surface area contributed by atoms with Gasteiger partial charge < -0.3 is 0 Å². The van der Waals surface area contributed by atoms with Crippen molar-refractivity contribution in [2.45, 2.75) is 6.92 Å². The molecule has 3 heteroatoms. The number of hydrogen-bond donors (Lipinski definition) is 0. The topological polar surface area (TPSA) is 36.7 Å². The van der Waals surface area contributed by atoms with Crippen LogP contribution >= 0.6 is 11.6 Å². The second kappa shape index (κ2) is 3.28. The van der Waals surface area contributed by atoms with Crippen LogP contribution in [0.1, 0.15) is 11.1 Å². The van der Waals surface area contributed by atoms with Gasteiger partial charge in [0.25, 0.3) is 0 Å². The van der Waals surface area contributed by atoms with E-state index >= 15 is 0 Å². The average Bonchev–Trinajstić information content (AvgIpc) is 2.16. The fourth-order valence-electron chi connectivity index (χ4n) is 1.43. The molecule has 1 heterocycles. The van der Waals surface area contributed by atoms with E-state index in [2.05, 4.69) is 11.1 Å². The van der Waals surface area contributed by atoms with E-state index in [1.165, 1.54) is 0 Å². The molecule has 0 bridgehead atoms. The summed E-state index contributed by atoms with van der Waals surface area (Å²) in [5.41, 5.74) is 2.45. The van der Waals surface area contributed by atoms with Crippen LogP contribution in [0.25, 0.3) is 10.9 Å². The molecule has 0 amide bonds. The maximum atomic E-state index is 8.72. The first-order valence-electron chi connectivity index (χ1n) is 4.18. The van der Waals surface area contributed by atoms with Crippen molar-refractivity contribution in [1.82, 2.24) is 4.98 Å². The number of fused-ring (bicyclic) bond motifs is 1. The quantitative estimate of drug-likeness (QED) is 0.616. The molecule has 2 rings (SSSR count). The van der Waals surface area contributed by atoms with Gasteiger partial charge in [0.15, 0.2) is 0 Å². The molecule has 0 fully saturated rings. The van der Waals surface area contributed by atoms with Crippen LogP contribution in [0.15, 0.2) is 24.3 Å². The molecule has 0 aliphatic rings. The fraction of sp³-hybridized carbons (Fsp3) is 0.0909. The molecule has 2 nitrogen and oxygen atoms in total. The van der Waals surface area contributed by atoms with E-state index in [9.17, 15) is 0 Å². The molecule has 0 radical (unpaired) electrons. The summed E-state index contributed by atoms with van der Waals surface area (Å²) in [6, 6.07) is 9.31. The van der Waals surface area contributed by atoms with E-state index in [4.69, 9.17) is 16.9 Å². The number of rotatable bonds is 0. The molecule has 0 unspecified atom stereocenters. The number of halogens is 1. The van der Waals surface area contributed by atoms with E-state index in [0.717, 1.165) is 16.5 Å². The molecule has 0 saturated heterocycles. The number of aryl methyl sites for hydroxylation is 1. The highest BCUT2D eigenvalue weighted by atomic mass is 35.5. The van der Waals surface area contributed by atoms with E-state index in [1.807, 2.05) is 19.1 Å². The largest absolute Gasteiger partial charge is 0.236 e. The van der Waals surface area contributed by atoms with Gasteiger partial charge in [0.1, 0.15) is 5.15 Å². The molecule has 1 aromatic heterocycles. The van der Waals surface area contributed by atoms with Gasteiger partial charge >= 0.3 is 0 Å². The van der Waals surface area contributed by atoms with Crippen LogP contribution in [-0.4, -0.2) is 4.98 Å². The molecule has 0 aliphatic carbocycles. The summed E-state index contributed by atoms with van der Waals surface area (Å²) in [5.74, 6) is 0. The lowest BCUT2D eigenvalue weighted by Crippen LogP contribution is -1.85. The van der Waals surface area contributed by atoms with Gasteiger partial charge in [0.2, 0.25) is 0 Å². The first kappa shape index (κ1) is 8.98. The predicted molar refractivity (Wildman–Crippen MR) is 56.2 cm³/mol. The Balaban J connectivity index is 2.83. The zero-order chi connectivity index (χ0) is 10.1. The van der Waals surface area contributed by atoms with Crippen molar-refractivity contribution in [1.29, 1.82) is 5.26 Å². The summed E-state index contributed by atoms with van der Waals surface area (Å²) < 4.78 is 0. The zero-order valence-corrected chi connectivity index (χ0v) is 8.34. The lowest BCUT2D eigenvalue weighted by Gasteiger charge is -2.02. The molecule has 2 aromatic rings. The average molecular weight is 203 g/mol. The third kappa shape index (κ3) is 1.43. The Morgan fingerprint density at radius 3 is 2.86 bits per heavy atom. The molecule has 14 heavy (non-hydrogen) atoms. The van der Waals surface area contributed by atoms with E-state index < -0.39 is 0 Å². The van der Waals surface area contributed by atoms with Gasteiger partial charge in [-0.3, -0.25) is 0 Å². The van der Waals surface area contributed by atoms with Gasteiger partial charge in [-0.2, -0.15) is 5.26 Å². The maximum absolute atomic E-state index is 8.72. The monoisotopic (exact) mass is 202 g/mol. The molecule has 0 N–H and O–H groups in total. The van der Waals surface area contributed by atoms with E-state index in [0.29, 0.717) is 10.7 Å². The molecular formula is C11H7ClN2. The number of benzene rings is 1. The minimum Gasteiger partial charge on any atom is -0.236 e. The maximum Gasteiger partial charge on any atom is 0.130 e. The second-order valence-electron chi connectivity index (χ2n) is 3.11. The minimum atomic E-state index is 0.463. The molecular weight excluding hydrogens is 196 g/mol. The van der Waals surface area contributed by atoms with Gasteiger partial charge in [-0.1, -0.05) is 17.7 Å². The Morgan fingerprint density at radius 1 is 1.36 bits per heavy atom. The van der Waals surface area contributed by atoms with Crippen molar-refractivity contribution in [3.8, 4) is 6.07 Å². The minimum absolute atomic E-state index is 0.463. The smallest absolute Gasteiger partial charge is 0.130 e. The highest BCUT2D eigenvalue weighted by Gasteiger charge is 2.01. The number of nitriles is 1. The van der Waals surface area contributed by atoms with Crippen molar-refractivity contribution in [3.05, 3.63) is 40.5 Å². The summed E-state index contributed by atoms with van der Waals surface area (Å²) in [6.07, 6.45) is 0. The Hall–Kier alpha value is -1.59. The lowest BCUT2D eigenvalue weighted by atomic mass is 10.1. The Morgan fingerprint density at radius 2 is 2.14 bits per heavy atom. The summed E-state index contributed by atoms with van der Waals surface area (Å²) in [5, 5.41) is 10.2. The summed E-state index contributed by atoms with van der Waals surface area (Å²) in [4.78, 5) is 4.16. The number of hydrogen-bond acceptors (Lipinski definition) is 2. The summed E-state index contributed by atoms with van der Waals surface area (Å²) >= 11 is 5.83. The highest BCUT2D eigenvalue weighted by Crippen LogP contribution is 2.20. The molecule has 1 aromatic carbocycles. The highest BCUT2D eigenvalue weighted by molar-refractivity contribution is 6.29. The first-order chi connectivity index (χ1) is 6.70. The fourth-order valence-corrected chi connectivity index (χ4v) is 1.69. The molecule has 68 valence electrons. The Labute approximate surface area is 86.8 Å². The van der Waals surface area contributed by atoms with E-state index in [1.54, 1.807) is 12.1 Å². The molecule has 0 atom stereocenters. The van der Waals surface area contributed by atoms with Crippen LogP contribution in [0.5, 0.6) is 0 Å². The third-order valence-electron chi connectivity index (χ3n) is 2.11. The standard InChI is InChI=1S/C11H7ClN2/c1-7-4-11(12)14-10-5-8(6-13)2-3-9(7)10/h2-5H,1H3. The van der Waals surface area contributed by atoms with Crippen LogP contribution in [0, 0.1) is 18.3 Å². The van der Waals surface area contributed by atoms with Crippen molar-refractivity contribution >= 4 is 22.5 Å². The van der Waals surface area contributed by atoms with Crippen LogP contribution < -0.4 is 0 Å². The number of aromatic nitrogens is 1. The van der Waals surface area contributed by atoms with Gasteiger partial charge in [-0.25, -0.2) is 4.98 Å². The zero-order valence-electron chi connectivity index (χ0n) is 7.58. The first-order valence-corrected chi connectivity index (χ1v) is 4.55. The van der Waals surface area contributed by atoms with Crippen molar-refractivity contribution < 1.29 is 0 Å². The van der Waals surface area contributed by atoms with Gasteiger partial charge in [-0.05, 0) is 30.7 Å². The molecule has 0 spiro atoms. The number of nitrogens with zero attached hydrogens (tertiary/aromatic N) is 2. The normalized spacial score (nSPS) is 10.1. The van der Waals surface area contributed by atoms with Gasteiger partial charge in [-0.15, -0.1) is 0 Å². The van der Waals surface area contributed by atoms with Crippen LogP contribution in [0.2, 0.25) is 5.15 Å². The second-order valence-corrected chi connectivity index (χ2v) is 3.49. The third-order valence-corrected chi connectivity index (χ3v) is 2.31. The van der Waals surface area contributed by atoms with Crippen LogP contribution in [0.4, 0.5) is 0 Å².